The van der Waals surface area contributed by atoms with Crippen LogP contribution in [0.2, 0.25) is 0 Å². The summed E-state index contributed by atoms with van der Waals surface area (Å²) in [6.45, 7) is 2.47. The van der Waals surface area contributed by atoms with E-state index in [1.165, 1.54) is 0 Å². The van der Waals surface area contributed by atoms with Crippen LogP contribution in [0.25, 0.3) is 0 Å². The second-order valence-electron chi connectivity index (χ2n) is 7.35. The standard InChI is InChI=1S/C22H23NO7/c24-22(6-2-15-1-4-18-20(9-15)29-13-27-18)23-7-8-25-17(11-23)12-26-16-3-5-19-21(10-16)30-14-28-19/h1,3-5,9-10,17H,2,6-8,11-14H2. The first-order valence-corrected chi connectivity index (χ1v) is 10.0. The molecule has 0 radical (unpaired) electrons. The average Bonchev–Trinajstić information content (AvgIpc) is 3.44. The normalized spacial score (nSPS) is 19.1. The molecule has 1 atom stereocenters. The summed E-state index contributed by atoms with van der Waals surface area (Å²) in [7, 11) is 0. The number of hydrogen-bond donors (Lipinski definition) is 0. The fourth-order valence-electron chi connectivity index (χ4n) is 3.71. The molecule has 0 N–H and O–H groups in total. The Balaban J connectivity index is 1.11. The molecule has 8 heteroatoms. The Hall–Kier alpha value is -3.13. The summed E-state index contributed by atoms with van der Waals surface area (Å²) in [5, 5.41) is 0. The molecule has 0 aliphatic carbocycles. The predicted octanol–water partition coefficient (Wildman–Crippen LogP) is 2.38. The number of fused-ring (bicyclic) bond motifs is 2. The molecule has 2 aromatic carbocycles. The van der Waals surface area contributed by atoms with Crippen molar-refractivity contribution in [2.75, 3.05) is 39.9 Å². The Morgan fingerprint density at radius 1 is 0.967 bits per heavy atom. The van der Waals surface area contributed by atoms with Crippen LogP contribution >= 0.6 is 0 Å². The second-order valence-corrected chi connectivity index (χ2v) is 7.35. The molecule has 1 unspecified atom stereocenters. The molecular weight excluding hydrogens is 390 g/mol. The maximum absolute atomic E-state index is 12.7. The highest BCUT2D eigenvalue weighted by atomic mass is 16.7. The van der Waals surface area contributed by atoms with Gasteiger partial charge in [-0.2, -0.15) is 0 Å². The summed E-state index contributed by atoms with van der Waals surface area (Å²) in [5.74, 6) is 3.70. The van der Waals surface area contributed by atoms with Crippen molar-refractivity contribution in [3.8, 4) is 28.7 Å². The monoisotopic (exact) mass is 413 g/mol. The molecule has 158 valence electrons. The summed E-state index contributed by atoms with van der Waals surface area (Å²) in [6.07, 6.45) is 0.930. The molecule has 30 heavy (non-hydrogen) atoms. The maximum atomic E-state index is 12.7. The Kier molecular flexibility index (Phi) is 5.23. The van der Waals surface area contributed by atoms with Crippen molar-refractivity contribution in [1.29, 1.82) is 0 Å². The predicted molar refractivity (Wildman–Crippen MR) is 105 cm³/mol. The zero-order valence-corrected chi connectivity index (χ0v) is 16.5. The average molecular weight is 413 g/mol. The summed E-state index contributed by atoms with van der Waals surface area (Å²) in [6, 6.07) is 11.3. The molecule has 1 amide bonds. The first-order chi connectivity index (χ1) is 14.7. The van der Waals surface area contributed by atoms with Crippen molar-refractivity contribution >= 4 is 5.91 Å². The summed E-state index contributed by atoms with van der Waals surface area (Å²) < 4.78 is 33.0. The van der Waals surface area contributed by atoms with E-state index in [0.29, 0.717) is 50.6 Å². The molecular formula is C22H23NO7. The highest BCUT2D eigenvalue weighted by molar-refractivity contribution is 5.76. The lowest BCUT2D eigenvalue weighted by molar-refractivity contribution is -0.139. The maximum Gasteiger partial charge on any atom is 0.231 e. The van der Waals surface area contributed by atoms with E-state index in [9.17, 15) is 4.79 Å². The van der Waals surface area contributed by atoms with Crippen LogP contribution in [-0.2, 0) is 16.0 Å². The lowest BCUT2D eigenvalue weighted by atomic mass is 10.1. The van der Waals surface area contributed by atoms with E-state index < -0.39 is 0 Å². The van der Waals surface area contributed by atoms with Crippen molar-refractivity contribution in [3.05, 3.63) is 42.0 Å². The van der Waals surface area contributed by atoms with E-state index in [-0.39, 0.29) is 25.6 Å². The van der Waals surface area contributed by atoms with E-state index >= 15 is 0 Å². The van der Waals surface area contributed by atoms with Crippen molar-refractivity contribution in [1.82, 2.24) is 4.90 Å². The van der Waals surface area contributed by atoms with E-state index in [2.05, 4.69) is 0 Å². The third-order valence-electron chi connectivity index (χ3n) is 5.34. The molecule has 0 bridgehead atoms. The van der Waals surface area contributed by atoms with Gasteiger partial charge in [-0.15, -0.1) is 0 Å². The fraction of sp³-hybridized carbons (Fsp3) is 0.409. The molecule has 8 nitrogen and oxygen atoms in total. The van der Waals surface area contributed by atoms with Crippen LogP contribution < -0.4 is 23.7 Å². The first kappa shape index (κ1) is 18.9. The molecule has 0 spiro atoms. The highest BCUT2D eigenvalue weighted by Gasteiger charge is 2.25. The molecule has 3 heterocycles. The van der Waals surface area contributed by atoms with Gasteiger partial charge in [-0.05, 0) is 36.2 Å². The molecule has 0 aromatic heterocycles. The van der Waals surface area contributed by atoms with E-state index in [4.69, 9.17) is 28.4 Å². The van der Waals surface area contributed by atoms with Gasteiger partial charge >= 0.3 is 0 Å². The zero-order chi connectivity index (χ0) is 20.3. The number of carbonyl (C=O) groups excluding carboxylic acids is 1. The summed E-state index contributed by atoms with van der Waals surface area (Å²) >= 11 is 0. The minimum Gasteiger partial charge on any atom is -0.491 e. The molecule has 2 aromatic rings. The number of rotatable bonds is 6. The largest absolute Gasteiger partial charge is 0.491 e. The minimum atomic E-state index is -0.168. The smallest absolute Gasteiger partial charge is 0.231 e. The number of carbonyl (C=O) groups is 1. The van der Waals surface area contributed by atoms with Crippen molar-refractivity contribution in [2.24, 2.45) is 0 Å². The number of aryl methyl sites for hydroxylation is 1. The van der Waals surface area contributed by atoms with Gasteiger partial charge in [0.15, 0.2) is 23.0 Å². The molecule has 1 fully saturated rings. The number of hydrogen-bond acceptors (Lipinski definition) is 7. The lowest BCUT2D eigenvalue weighted by Gasteiger charge is -2.33. The third-order valence-corrected chi connectivity index (χ3v) is 5.34. The summed E-state index contributed by atoms with van der Waals surface area (Å²) in [4.78, 5) is 14.5. The SMILES string of the molecule is O=C(CCc1ccc2c(c1)OCO2)N1CCOC(COc2ccc3c(c2)OCO3)C1. The lowest BCUT2D eigenvalue weighted by Crippen LogP contribution is -2.47. The zero-order valence-electron chi connectivity index (χ0n) is 16.5. The molecule has 3 aliphatic heterocycles. The van der Waals surface area contributed by atoms with Crippen LogP contribution in [0.4, 0.5) is 0 Å². The number of benzene rings is 2. The van der Waals surface area contributed by atoms with Gasteiger partial charge in [0.1, 0.15) is 18.5 Å². The first-order valence-electron chi connectivity index (χ1n) is 10.0. The van der Waals surface area contributed by atoms with Gasteiger partial charge in [0.05, 0.1) is 13.2 Å². The van der Waals surface area contributed by atoms with Crippen LogP contribution in [-0.4, -0.2) is 56.8 Å². The minimum absolute atomic E-state index is 0.115. The summed E-state index contributed by atoms with van der Waals surface area (Å²) in [5.41, 5.74) is 1.06. The molecule has 5 rings (SSSR count). The van der Waals surface area contributed by atoms with Crippen LogP contribution in [0.3, 0.4) is 0 Å². The molecule has 3 aliphatic rings. The third kappa shape index (κ3) is 4.09. The Bertz CT molecular complexity index is 932. The van der Waals surface area contributed by atoms with Crippen LogP contribution in [0.5, 0.6) is 28.7 Å². The van der Waals surface area contributed by atoms with Crippen molar-refractivity contribution < 1.29 is 33.2 Å². The van der Waals surface area contributed by atoms with Gasteiger partial charge in [0.25, 0.3) is 0 Å². The quantitative estimate of drug-likeness (QED) is 0.720. The number of morpholine rings is 1. The van der Waals surface area contributed by atoms with Gasteiger partial charge in [-0.25, -0.2) is 0 Å². The van der Waals surface area contributed by atoms with E-state index in [1.807, 2.05) is 35.2 Å². The Labute approximate surface area is 174 Å². The van der Waals surface area contributed by atoms with Crippen molar-refractivity contribution in [2.45, 2.75) is 18.9 Å². The number of nitrogens with zero attached hydrogens (tertiary/aromatic N) is 1. The van der Waals surface area contributed by atoms with E-state index in [1.54, 1.807) is 6.07 Å². The molecule has 1 saturated heterocycles. The van der Waals surface area contributed by atoms with Crippen LogP contribution in [0, 0.1) is 0 Å². The van der Waals surface area contributed by atoms with Crippen molar-refractivity contribution in [3.63, 3.8) is 0 Å². The Morgan fingerprint density at radius 3 is 2.53 bits per heavy atom. The Morgan fingerprint density at radius 2 is 1.70 bits per heavy atom. The fourth-order valence-corrected chi connectivity index (χ4v) is 3.71. The highest BCUT2D eigenvalue weighted by Crippen LogP contribution is 2.35. The number of amides is 1. The van der Waals surface area contributed by atoms with Gasteiger partial charge in [-0.1, -0.05) is 6.07 Å². The topological polar surface area (TPSA) is 75.7 Å². The van der Waals surface area contributed by atoms with Gasteiger partial charge in [0, 0.05) is 19.0 Å². The van der Waals surface area contributed by atoms with Gasteiger partial charge in [-0.3, -0.25) is 4.79 Å². The van der Waals surface area contributed by atoms with Gasteiger partial charge in [0.2, 0.25) is 19.5 Å². The number of ether oxygens (including phenoxy) is 6. The van der Waals surface area contributed by atoms with Crippen LogP contribution in [0.15, 0.2) is 36.4 Å². The van der Waals surface area contributed by atoms with E-state index in [0.717, 1.165) is 22.8 Å². The van der Waals surface area contributed by atoms with Crippen LogP contribution in [0.1, 0.15) is 12.0 Å². The van der Waals surface area contributed by atoms with Gasteiger partial charge < -0.3 is 33.3 Å². The molecule has 0 saturated carbocycles. The second kappa shape index (κ2) is 8.31.